The quantitative estimate of drug-likeness (QED) is 0.561. The second-order valence-electron chi connectivity index (χ2n) is 7.88. The van der Waals surface area contributed by atoms with Gasteiger partial charge in [0.15, 0.2) is 18.2 Å². The number of ether oxygens (including phenoxy) is 1. The van der Waals surface area contributed by atoms with Gasteiger partial charge in [0.05, 0.1) is 6.20 Å². The van der Waals surface area contributed by atoms with Crippen molar-refractivity contribution in [3.8, 4) is 6.01 Å². The van der Waals surface area contributed by atoms with Crippen LogP contribution in [0.25, 0.3) is 6.08 Å². The molecule has 2 aromatic heterocycles. The fourth-order valence-corrected chi connectivity index (χ4v) is 4.15. The summed E-state index contributed by atoms with van der Waals surface area (Å²) in [6.45, 7) is 1.78. The van der Waals surface area contributed by atoms with E-state index in [2.05, 4.69) is 25.6 Å². The van der Waals surface area contributed by atoms with Gasteiger partial charge in [-0.05, 0) is 41.9 Å². The summed E-state index contributed by atoms with van der Waals surface area (Å²) in [5.41, 5.74) is 0.874. The smallest absolute Gasteiger partial charge is 0.319 e. The van der Waals surface area contributed by atoms with Crippen molar-refractivity contribution in [3.05, 3.63) is 48.2 Å². The Morgan fingerprint density at radius 1 is 1.31 bits per heavy atom. The summed E-state index contributed by atoms with van der Waals surface area (Å²) >= 11 is 0. The van der Waals surface area contributed by atoms with Crippen molar-refractivity contribution in [1.82, 2.24) is 25.6 Å². The minimum absolute atomic E-state index is 0.0239. The third kappa shape index (κ3) is 5.19. The molecule has 3 heterocycles. The molecule has 3 atom stereocenters. The summed E-state index contributed by atoms with van der Waals surface area (Å²) in [5.74, 6) is 0.681. The highest BCUT2D eigenvalue weighted by Gasteiger charge is 2.55. The van der Waals surface area contributed by atoms with E-state index in [1.54, 1.807) is 18.5 Å². The second kappa shape index (κ2) is 9.71. The lowest BCUT2D eigenvalue weighted by atomic mass is 10.2. The molecule has 1 aliphatic heterocycles. The number of carbonyl (C=O) groups is 2. The maximum Gasteiger partial charge on any atom is 0.319 e. The van der Waals surface area contributed by atoms with Crippen LogP contribution in [0.4, 0.5) is 10.2 Å². The van der Waals surface area contributed by atoms with Gasteiger partial charge in [-0.1, -0.05) is 6.07 Å². The summed E-state index contributed by atoms with van der Waals surface area (Å²) in [6, 6.07) is 3.67. The molecule has 1 aliphatic carbocycles. The predicted molar refractivity (Wildman–Crippen MR) is 115 cm³/mol. The molecule has 0 radical (unpaired) electrons. The van der Waals surface area contributed by atoms with Gasteiger partial charge in [0.2, 0.25) is 5.91 Å². The van der Waals surface area contributed by atoms with Gasteiger partial charge in [0.1, 0.15) is 0 Å². The van der Waals surface area contributed by atoms with Crippen LogP contribution in [-0.4, -0.2) is 60.1 Å². The van der Waals surface area contributed by atoms with Crippen LogP contribution in [0, 0.1) is 23.6 Å². The minimum atomic E-state index is -0.511. The van der Waals surface area contributed by atoms with Crippen molar-refractivity contribution in [1.29, 1.82) is 0 Å². The van der Waals surface area contributed by atoms with Gasteiger partial charge in [-0.3, -0.25) is 14.6 Å². The van der Waals surface area contributed by atoms with Crippen LogP contribution in [0.1, 0.15) is 12.0 Å². The average molecular weight is 440 g/mol. The molecule has 0 aromatic carbocycles. The molecule has 2 fully saturated rings. The Balaban J connectivity index is 1.21. The molecule has 0 unspecified atom stereocenters. The van der Waals surface area contributed by atoms with E-state index in [1.807, 2.05) is 17.0 Å². The number of hydrogen-bond donors (Lipinski definition) is 2. The first-order valence-corrected chi connectivity index (χ1v) is 10.5. The Bertz CT molecular complexity index is 990. The van der Waals surface area contributed by atoms with E-state index in [1.165, 1.54) is 13.1 Å². The summed E-state index contributed by atoms with van der Waals surface area (Å²) in [4.78, 5) is 37.1. The first-order chi connectivity index (χ1) is 15.5. The highest BCUT2D eigenvalue weighted by molar-refractivity contribution is 5.91. The molecule has 2 aromatic rings. The second-order valence-corrected chi connectivity index (χ2v) is 7.88. The molecule has 10 heteroatoms. The van der Waals surface area contributed by atoms with Crippen LogP contribution in [0.3, 0.4) is 0 Å². The largest absolute Gasteiger partial charge is 0.453 e. The Hall–Kier alpha value is -3.56. The average Bonchev–Trinajstić information content (AvgIpc) is 3.25. The summed E-state index contributed by atoms with van der Waals surface area (Å²) < 4.78 is 19.5. The number of pyridine rings is 1. The molecule has 2 N–H and O–H groups in total. The van der Waals surface area contributed by atoms with Gasteiger partial charge < -0.3 is 20.3 Å². The molecule has 32 heavy (non-hydrogen) atoms. The first kappa shape index (κ1) is 21.7. The molecule has 9 nitrogen and oxygen atoms in total. The minimum Gasteiger partial charge on any atom is -0.453 e. The van der Waals surface area contributed by atoms with Crippen LogP contribution in [-0.2, 0) is 9.59 Å². The van der Waals surface area contributed by atoms with Crippen LogP contribution in [0.15, 0.2) is 36.8 Å². The number of hydrogen-bond acceptors (Lipinski definition) is 7. The Morgan fingerprint density at radius 3 is 2.84 bits per heavy atom. The number of nitrogens with zero attached hydrogens (tertiary/aromatic N) is 4. The number of fused-ring (bicyclic) bond motifs is 1. The standard InChI is InChI=1S/C22H25FN6O3/c1-24-20(31)13-32-22-27-10-18(23)21(28-22)29-11-16-15(17(16)12-29)6-8-26-19(30)5-4-14-3-2-7-25-9-14/h2-5,7,9-10,15-17H,6,8,11-13H2,1H3,(H,24,31)(H,26,30)/b5-4+/t15-,16-,17+. The van der Waals surface area contributed by atoms with Crippen molar-refractivity contribution in [3.63, 3.8) is 0 Å². The van der Waals surface area contributed by atoms with Gasteiger partial charge in [-0.15, -0.1) is 0 Å². The number of likely N-dealkylation sites (N-methyl/N-ethyl adjacent to an activating group) is 1. The molecular formula is C22H25FN6O3. The van der Waals surface area contributed by atoms with Crippen molar-refractivity contribution < 1.29 is 18.7 Å². The van der Waals surface area contributed by atoms with Crippen molar-refractivity contribution in [2.45, 2.75) is 6.42 Å². The normalized spacial score (nSPS) is 21.3. The molecule has 2 aliphatic rings. The summed E-state index contributed by atoms with van der Waals surface area (Å²) in [5, 5.41) is 5.35. The fraction of sp³-hybridized carbons (Fsp3) is 0.409. The molecule has 2 amide bonds. The number of carbonyl (C=O) groups excluding carboxylic acids is 2. The monoisotopic (exact) mass is 440 g/mol. The van der Waals surface area contributed by atoms with Crippen LogP contribution >= 0.6 is 0 Å². The molecular weight excluding hydrogens is 415 g/mol. The maximum absolute atomic E-state index is 14.3. The summed E-state index contributed by atoms with van der Waals surface area (Å²) in [6.07, 6.45) is 8.58. The topological polar surface area (TPSA) is 109 Å². The molecule has 1 saturated heterocycles. The van der Waals surface area contributed by atoms with Gasteiger partial charge in [0.25, 0.3) is 5.91 Å². The highest BCUT2D eigenvalue weighted by Crippen LogP contribution is 2.54. The van der Waals surface area contributed by atoms with Crippen LogP contribution in [0.2, 0.25) is 0 Å². The number of aromatic nitrogens is 3. The molecule has 4 rings (SSSR count). The maximum atomic E-state index is 14.3. The van der Waals surface area contributed by atoms with E-state index in [9.17, 15) is 14.0 Å². The van der Waals surface area contributed by atoms with Gasteiger partial charge in [-0.25, -0.2) is 9.37 Å². The number of amides is 2. The zero-order valence-corrected chi connectivity index (χ0v) is 17.7. The predicted octanol–water partition coefficient (Wildman–Crippen LogP) is 1.04. The highest BCUT2D eigenvalue weighted by atomic mass is 19.1. The Kier molecular flexibility index (Phi) is 6.58. The van der Waals surface area contributed by atoms with E-state index >= 15 is 0 Å². The zero-order chi connectivity index (χ0) is 22.5. The Morgan fingerprint density at radius 2 is 2.12 bits per heavy atom. The van der Waals surface area contributed by atoms with E-state index in [4.69, 9.17) is 4.74 Å². The molecule has 0 bridgehead atoms. The number of rotatable bonds is 9. The van der Waals surface area contributed by atoms with Crippen molar-refractivity contribution >= 4 is 23.7 Å². The van der Waals surface area contributed by atoms with Gasteiger partial charge >= 0.3 is 6.01 Å². The van der Waals surface area contributed by atoms with Crippen molar-refractivity contribution in [2.75, 3.05) is 38.2 Å². The van der Waals surface area contributed by atoms with Crippen LogP contribution in [0.5, 0.6) is 6.01 Å². The lowest BCUT2D eigenvalue weighted by Gasteiger charge is -2.21. The SMILES string of the molecule is CNC(=O)COc1ncc(F)c(N2C[C@@H]3[C@@H](CCNC(=O)/C=C/c4cccnc4)[C@@H]3C2)n1. The lowest BCUT2D eigenvalue weighted by Crippen LogP contribution is -2.28. The molecule has 1 saturated carbocycles. The van der Waals surface area contributed by atoms with E-state index < -0.39 is 5.82 Å². The van der Waals surface area contributed by atoms with Crippen molar-refractivity contribution in [2.24, 2.45) is 17.8 Å². The third-order valence-electron chi connectivity index (χ3n) is 5.87. The molecule has 168 valence electrons. The lowest BCUT2D eigenvalue weighted by molar-refractivity contribution is -0.122. The van der Waals surface area contributed by atoms with Gasteiger partial charge in [-0.2, -0.15) is 4.98 Å². The number of anilines is 1. The first-order valence-electron chi connectivity index (χ1n) is 10.5. The third-order valence-corrected chi connectivity index (χ3v) is 5.87. The zero-order valence-electron chi connectivity index (χ0n) is 17.7. The fourth-order valence-electron chi connectivity index (χ4n) is 4.15. The van der Waals surface area contributed by atoms with E-state index in [-0.39, 0.29) is 30.2 Å². The van der Waals surface area contributed by atoms with Gasteiger partial charge in [0, 0.05) is 45.2 Å². The van der Waals surface area contributed by atoms with E-state index in [0.29, 0.717) is 37.4 Å². The number of nitrogens with one attached hydrogen (secondary N) is 2. The van der Waals surface area contributed by atoms with Crippen LogP contribution < -0.4 is 20.3 Å². The summed E-state index contributed by atoms with van der Waals surface area (Å²) in [7, 11) is 1.50. The number of piperidine rings is 1. The number of halogens is 1. The van der Waals surface area contributed by atoms with E-state index in [0.717, 1.165) is 18.2 Å². The Labute approximate surface area is 185 Å². The molecule has 0 spiro atoms.